The van der Waals surface area contributed by atoms with Crippen LogP contribution in [0.4, 0.5) is 5.82 Å². The van der Waals surface area contributed by atoms with E-state index < -0.39 is 0 Å². The minimum Gasteiger partial charge on any atom is -0.383 e. The van der Waals surface area contributed by atoms with Gasteiger partial charge in [0.15, 0.2) is 0 Å². The van der Waals surface area contributed by atoms with Crippen molar-refractivity contribution in [3.8, 4) is 11.3 Å². The van der Waals surface area contributed by atoms with Crippen LogP contribution in [0, 0.1) is 6.92 Å². The van der Waals surface area contributed by atoms with Crippen molar-refractivity contribution in [2.75, 3.05) is 5.73 Å². The van der Waals surface area contributed by atoms with Crippen molar-refractivity contribution in [3.63, 3.8) is 0 Å². The molecular formula is C16H20BrN3. The quantitative estimate of drug-likeness (QED) is 0.887. The summed E-state index contributed by atoms with van der Waals surface area (Å²) in [6.07, 6.45) is 2.48. The number of nitrogen functional groups attached to an aromatic ring is 1. The molecule has 0 bridgehead atoms. The average molecular weight is 334 g/mol. The van der Waals surface area contributed by atoms with E-state index in [9.17, 15) is 0 Å². The van der Waals surface area contributed by atoms with E-state index in [4.69, 9.17) is 10.7 Å². The van der Waals surface area contributed by atoms with Crippen molar-refractivity contribution in [1.29, 1.82) is 0 Å². The third kappa shape index (κ3) is 2.26. The molecule has 0 saturated heterocycles. The van der Waals surface area contributed by atoms with Gasteiger partial charge in [-0.15, -0.1) is 0 Å². The number of aryl methyl sites for hydroxylation is 1. The first-order valence-electron chi connectivity index (χ1n) is 7.13. The largest absolute Gasteiger partial charge is 0.383 e. The van der Waals surface area contributed by atoms with Gasteiger partial charge in [0, 0.05) is 22.0 Å². The Morgan fingerprint density at radius 2 is 2.05 bits per heavy atom. The standard InChI is InChI=1S/C16H20BrN3/c1-9(2)20-15(18)14(19-16(20)11-4-5-11)12-6-7-13(17)10(3)8-12/h6-9,11H,4-5,18H2,1-3H3. The lowest BCUT2D eigenvalue weighted by molar-refractivity contribution is 0.576. The van der Waals surface area contributed by atoms with Gasteiger partial charge in [-0.05, 0) is 51.3 Å². The van der Waals surface area contributed by atoms with Crippen LogP contribution >= 0.6 is 15.9 Å². The summed E-state index contributed by atoms with van der Waals surface area (Å²) in [7, 11) is 0. The summed E-state index contributed by atoms with van der Waals surface area (Å²) in [5.41, 5.74) is 9.61. The van der Waals surface area contributed by atoms with Gasteiger partial charge in [0.05, 0.1) is 0 Å². The van der Waals surface area contributed by atoms with Gasteiger partial charge in [0.25, 0.3) is 0 Å². The van der Waals surface area contributed by atoms with Crippen LogP contribution in [0.25, 0.3) is 11.3 Å². The highest BCUT2D eigenvalue weighted by Crippen LogP contribution is 2.43. The summed E-state index contributed by atoms with van der Waals surface area (Å²) in [4.78, 5) is 4.86. The third-order valence-corrected chi connectivity index (χ3v) is 4.76. The number of halogens is 1. The average Bonchev–Trinajstić information content (AvgIpc) is 3.16. The number of aromatic nitrogens is 2. The summed E-state index contributed by atoms with van der Waals surface area (Å²) in [6.45, 7) is 6.42. The predicted octanol–water partition coefficient (Wildman–Crippen LogP) is 4.66. The maximum absolute atomic E-state index is 6.38. The number of rotatable bonds is 3. The Labute approximate surface area is 128 Å². The zero-order valence-corrected chi connectivity index (χ0v) is 13.7. The van der Waals surface area contributed by atoms with Crippen LogP contribution in [0.1, 0.15) is 50.0 Å². The van der Waals surface area contributed by atoms with Gasteiger partial charge < -0.3 is 10.3 Å². The van der Waals surface area contributed by atoms with Gasteiger partial charge in [-0.1, -0.05) is 22.0 Å². The normalized spacial score (nSPS) is 15.1. The molecule has 20 heavy (non-hydrogen) atoms. The maximum Gasteiger partial charge on any atom is 0.131 e. The fraction of sp³-hybridized carbons (Fsp3) is 0.438. The lowest BCUT2D eigenvalue weighted by Gasteiger charge is -2.13. The first-order chi connectivity index (χ1) is 9.49. The van der Waals surface area contributed by atoms with E-state index in [2.05, 4.69) is 59.5 Å². The molecule has 1 aromatic carbocycles. The van der Waals surface area contributed by atoms with Crippen LogP contribution in [-0.4, -0.2) is 9.55 Å². The lowest BCUT2D eigenvalue weighted by Crippen LogP contribution is -2.08. The van der Waals surface area contributed by atoms with Gasteiger partial charge in [-0.3, -0.25) is 0 Å². The van der Waals surface area contributed by atoms with E-state index >= 15 is 0 Å². The second kappa shape index (κ2) is 4.92. The van der Waals surface area contributed by atoms with Gasteiger partial charge in [0.2, 0.25) is 0 Å². The van der Waals surface area contributed by atoms with E-state index in [-0.39, 0.29) is 0 Å². The molecule has 1 aliphatic carbocycles. The molecule has 1 fully saturated rings. The second-order valence-electron chi connectivity index (χ2n) is 5.91. The maximum atomic E-state index is 6.38. The van der Waals surface area contributed by atoms with Crippen LogP contribution in [0.5, 0.6) is 0 Å². The highest BCUT2D eigenvalue weighted by molar-refractivity contribution is 9.10. The lowest BCUT2D eigenvalue weighted by atomic mass is 10.1. The van der Waals surface area contributed by atoms with E-state index in [1.165, 1.54) is 18.4 Å². The number of anilines is 1. The zero-order valence-electron chi connectivity index (χ0n) is 12.2. The number of hydrogen-bond acceptors (Lipinski definition) is 2. The molecule has 3 nitrogen and oxygen atoms in total. The Bertz CT molecular complexity index is 654. The molecule has 3 rings (SSSR count). The number of nitrogens with two attached hydrogens (primary N) is 1. The summed E-state index contributed by atoms with van der Waals surface area (Å²) in [5.74, 6) is 2.56. The second-order valence-corrected chi connectivity index (χ2v) is 6.76. The molecule has 0 spiro atoms. The fourth-order valence-corrected chi connectivity index (χ4v) is 2.89. The van der Waals surface area contributed by atoms with Gasteiger partial charge >= 0.3 is 0 Å². The van der Waals surface area contributed by atoms with Crippen molar-refractivity contribution < 1.29 is 0 Å². The Morgan fingerprint density at radius 3 is 2.60 bits per heavy atom. The molecule has 106 valence electrons. The highest BCUT2D eigenvalue weighted by atomic mass is 79.9. The minimum atomic E-state index is 0.350. The van der Waals surface area contributed by atoms with Gasteiger partial charge in [-0.25, -0.2) is 4.98 Å². The van der Waals surface area contributed by atoms with Crippen molar-refractivity contribution in [1.82, 2.24) is 9.55 Å². The molecule has 0 unspecified atom stereocenters. The van der Waals surface area contributed by atoms with Crippen LogP contribution in [-0.2, 0) is 0 Å². The Balaban J connectivity index is 2.13. The number of benzene rings is 1. The molecule has 1 aliphatic rings. The SMILES string of the molecule is Cc1cc(-c2nc(C3CC3)n(C(C)C)c2N)ccc1Br. The van der Waals surface area contributed by atoms with E-state index in [1.807, 2.05) is 0 Å². The Kier molecular flexibility index (Phi) is 3.36. The molecule has 1 aromatic heterocycles. The molecule has 1 heterocycles. The van der Waals surface area contributed by atoms with Crippen LogP contribution in [0.3, 0.4) is 0 Å². The smallest absolute Gasteiger partial charge is 0.131 e. The van der Waals surface area contributed by atoms with Crippen molar-refractivity contribution in [2.24, 2.45) is 0 Å². The van der Waals surface area contributed by atoms with E-state index in [1.54, 1.807) is 0 Å². The first-order valence-corrected chi connectivity index (χ1v) is 7.92. The van der Waals surface area contributed by atoms with Gasteiger partial charge in [-0.2, -0.15) is 0 Å². The fourth-order valence-electron chi connectivity index (χ4n) is 2.64. The summed E-state index contributed by atoms with van der Waals surface area (Å²) < 4.78 is 3.32. The summed E-state index contributed by atoms with van der Waals surface area (Å²) >= 11 is 3.54. The molecule has 0 aliphatic heterocycles. The van der Waals surface area contributed by atoms with Crippen LogP contribution in [0.15, 0.2) is 22.7 Å². The molecule has 0 radical (unpaired) electrons. The number of hydrogen-bond donors (Lipinski definition) is 1. The summed E-state index contributed by atoms with van der Waals surface area (Å²) in [5, 5.41) is 0. The van der Waals surface area contributed by atoms with Crippen molar-refractivity contribution in [3.05, 3.63) is 34.1 Å². The van der Waals surface area contributed by atoms with Crippen LogP contribution in [0.2, 0.25) is 0 Å². The highest BCUT2D eigenvalue weighted by Gasteiger charge is 2.31. The molecule has 2 N–H and O–H groups in total. The van der Waals surface area contributed by atoms with Crippen molar-refractivity contribution in [2.45, 2.75) is 45.6 Å². The Hall–Kier alpha value is -1.29. The van der Waals surface area contributed by atoms with E-state index in [0.717, 1.165) is 27.4 Å². The molecule has 4 heteroatoms. The number of nitrogens with zero attached hydrogens (tertiary/aromatic N) is 2. The molecule has 1 saturated carbocycles. The third-order valence-electron chi connectivity index (χ3n) is 3.87. The monoisotopic (exact) mass is 333 g/mol. The first kappa shape index (κ1) is 13.7. The van der Waals surface area contributed by atoms with Crippen molar-refractivity contribution >= 4 is 21.7 Å². The molecule has 2 aromatic rings. The molecule has 0 atom stereocenters. The summed E-state index contributed by atoms with van der Waals surface area (Å²) in [6, 6.07) is 6.64. The van der Waals surface area contributed by atoms with Gasteiger partial charge in [0.1, 0.15) is 17.3 Å². The number of imidazole rings is 1. The molecular weight excluding hydrogens is 314 g/mol. The minimum absolute atomic E-state index is 0.350. The zero-order chi connectivity index (χ0) is 14.4. The van der Waals surface area contributed by atoms with E-state index in [0.29, 0.717) is 12.0 Å². The van der Waals surface area contributed by atoms with Crippen LogP contribution < -0.4 is 5.73 Å². The topological polar surface area (TPSA) is 43.8 Å². The molecule has 0 amide bonds. The Morgan fingerprint density at radius 1 is 1.35 bits per heavy atom. The predicted molar refractivity (Wildman–Crippen MR) is 86.9 cm³/mol.